The number of nitrogens with zero attached hydrogens (tertiary/aromatic N) is 2. The van der Waals surface area contributed by atoms with Crippen LogP contribution in [-0.2, 0) is 13.0 Å². The molecule has 28 heavy (non-hydrogen) atoms. The van der Waals surface area contributed by atoms with Crippen LogP contribution in [0.5, 0.6) is 5.88 Å². The highest BCUT2D eigenvalue weighted by Gasteiger charge is 2.11. The zero-order chi connectivity index (χ0) is 19.3. The second kappa shape index (κ2) is 8.82. The van der Waals surface area contributed by atoms with Gasteiger partial charge in [0.15, 0.2) is 0 Å². The van der Waals surface area contributed by atoms with E-state index in [4.69, 9.17) is 9.72 Å². The van der Waals surface area contributed by atoms with Crippen molar-refractivity contribution in [2.24, 2.45) is 0 Å². The molecule has 0 fully saturated rings. The third-order valence-corrected chi connectivity index (χ3v) is 5.79. The molecule has 0 aliphatic rings. The Kier molecular flexibility index (Phi) is 6.00. The maximum atomic E-state index is 5.25. The maximum Gasteiger partial charge on any atom is 0.215 e. The van der Waals surface area contributed by atoms with Gasteiger partial charge >= 0.3 is 0 Å². The summed E-state index contributed by atoms with van der Waals surface area (Å²) in [7, 11) is 1.62. The normalized spacial score (nSPS) is 11.1. The maximum absolute atomic E-state index is 5.25. The fraction of sp³-hybridized carbons (Fsp3) is 0.182. The predicted molar refractivity (Wildman–Crippen MR) is 119 cm³/mol. The van der Waals surface area contributed by atoms with Gasteiger partial charge in [0.1, 0.15) is 0 Å². The third kappa shape index (κ3) is 4.41. The van der Waals surface area contributed by atoms with E-state index in [0.29, 0.717) is 5.88 Å². The molecule has 142 valence electrons. The van der Waals surface area contributed by atoms with Crippen LogP contribution in [0.1, 0.15) is 11.1 Å². The number of hydrogen-bond acceptors (Lipinski definition) is 5. The number of ether oxygens (including phenoxy) is 1. The average Bonchev–Trinajstić information content (AvgIpc) is 3.26. The Morgan fingerprint density at radius 2 is 2.00 bits per heavy atom. The molecule has 0 atom stereocenters. The predicted octanol–water partition coefficient (Wildman–Crippen LogP) is 5.46. The van der Waals surface area contributed by atoms with Gasteiger partial charge in [-0.25, -0.2) is 9.97 Å². The van der Waals surface area contributed by atoms with Crippen molar-refractivity contribution in [3.63, 3.8) is 0 Å². The van der Waals surface area contributed by atoms with E-state index in [0.717, 1.165) is 46.1 Å². The highest BCUT2D eigenvalue weighted by atomic mass is 79.9. The summed E-state index contributed by atoms with van der Waals surface area (Å²) in [5.41, 5.74) is 5.55. The summed E-state index contributed by atoms with van der Waals surface area (Å²) >= 11 is 5.16. The molecule has 0 saturated heterocycles. The van der Waals surface area contributed by atoms with Gasteiger partial charge in [-0.1, -0.05) is 28.1 Å². The van der Waals surface area contributed by atoms with E-state index in [2.05, 4.69) is 73.4 Å². The number of methoxy groups -OCH3 is 1. The van der Waals surface area contributed by atoms with Crippen LogP contribution < -0.4 is 10.1 Å². The van der Waals surface area contributed by atoms with Crippen molar-refractivity contribution >= 4 is 38.2 Å². The number of nitrogens with one attached hydrogen (secondary N) is 1. The van der Waals surface area contributed by atoms with Gasteiger partial charge in [-0.15, -0.1) is 0 Å². The summed E-state index contributed by atoms with van der Waals surface area (Å²) in [6, 6.07) is 14.6. The Balaban J connectivity index is 1.54. The van der Waals surface area contributed by atoms with E-state index >= 15 is 0 Å². The molecule has 6 heteroatoms. The highest BCUT2D eigenvalue weighted by Crippen LogP contribution is 2.28. The SMILES string of the molecule is COc1cc2nc(-c3ccsc3)c(CNCCc3ccc(Br)cc3)cc2cn1. The van der Waals surface area contributed by atoms with Crippen molar-refractivity contribution in [3.05, 3.63) is 75.0 Å². The summed E-state index contributed by atoms with van der Waals surface area (Å²) in [6.07, 6.45) is 2.81. The number of halogens is 1. The first kappa shape index (κ1) is 19.1. The number of hydrogen-bond donors (Lipinski definition) is 1. The zero-order valence-corrected chi connectivity index (χ0v) is 17.9. The minimum atomic E-state index is 0.580. The van der Waals surface area contributed by atoms with Gasteiger partial charge in [-0.3, -0.25) is 0 Å². The molecule has 0 radical (unpaired) electrons. The lowest BCUT2D eigenvalue weighted by atomic mass is 10.1. The lowest BCUT2D eigenvalue weighted by Gasteiger charge is -2.12. The topological polar surface area (TPSA) is 47.0 Å². The number of pyridine rings is 2. The van der Waals surface area contributed by atoms with Gasteiger partial charge in [-0.2, -0.15) is 11.3 Å². The average molecular weight is 454 g/mol. The van der Waals surface area contributed by atoms with Gasteiger partial charge < -0.3 is 10.1 Å². The second-order valence-corrected chi connectivity index (χ2v) is 8.18. The van der Waals surface area contributed by atoms with Crippen molar-refractivity contribution in [2.75, 3.05) is 13.7 Å². The highest BCUT2D eigenvalue weighted by molar-refractivity contribution is 9.10. The molecule has 3 aromatic heterocycles. The molecule has 4 aromatic rings. The van der Waals surface area contributed by atoms with Gasteiger partial charge in [-0.05, 0) is 53.7 Å². The van der Waals surface area contributed by atoms with Crippen LogP contribution in [0.4, 0.5) is 0 Å². The second-order valence-electron chi connectivity index (χ2n) is 6.48. The van der Waals surface area contributed by atoms with E-state index in [9.17, 15) is 0 Å². The van der Waals surface area contributed by atoms with Gasteiger partial charge in [0, 0.05) is 39.6 Å². The number of fused-ring (bicyclic) bond motifs is 1. The van der Waals surface area contributed by atoms with E-state index in [1.807, 2.05) is 12.3 Å². The van der Waals surface area contributed by atoms with Crippen LogP contribution in [0.25, 0.3) is 22.2 Å². The molecule has 4 rings (SSSR count). The van der Waals surface area contributed by atoms with E-state index in [1.54, 1.807) is 18.4 Å². The van der Waals surface area contributed by atoms with Gasteiger partial charge in [0.2, 0.25) is 5.88 Å². The lowest BCUT2D eigenvalue weighted by molar-refractivity contribution is 0.398. The first-order valence-corrected chi connectivity index (χ1v) is 10.8. The molecule has 0 aliphatic carbocycles. The van der Waals surface area contributed by atoms with Crippen LogP contribution in [-0.4, -0.2) is 23.6 Å². The van der Waals surface area contributed by atoms with Crippen LogP contribution in [0.3, 0.4) is 0 Å². The van der Waals surface area contributed by atoms with Gasteiger partial charge in [0.05, 0.1) is 18.3 Å². The summed E-state index contributed by atoms with van der Waals surface area (Å²) in [6.45, 7) is 1.67. The third-order valence-electron chi connectivity index (χ3n) is 4.58. The Morgan fingerprint density at radius 3 is 2.75 bits per heavy atom. The van der Waals surface area contributed by atoms with Crippen LogP contribution >= 0.6 is 27.3 Å². The van der Waals surface area contributed by atoms with Crippen molar-refractivity contribution in [1.82, 2.24) is 15.3 Å². The van der Waals surface area contributed by atoms with Crippen molar-refractivity contribution in [1.29, 1.82) is 0 Å². The summed E-state index contributed by atoms with van der Waals surface area (Å²) in [4.78, 5) is 9.23. The fourth-order valence-corrected chi connectivity index (χ4v) is 4.00. The minimum Gasteiger partial charge on any atom is -0.481 e. The Labute approximate surface area is 176 Å². The molecule has 0 spiro atoms. The number of thiophene rings is 1. The molecule has 1 N–H and O–H groups in total. The zero-order valence-electron chi connectivity index (χ0n) is 15.5. The summed E-state index contributed by atoms with van der Waals surface area (Å²) in [5, 5.41) is 8.80. The molecule has 0 amide bonds. The first-order chi connectivity index (χ1) is 13.7. The molecular weight excluding hydrogens is 434 g/mol. The number of rotatable bonds is 7. The quantitative estimate of drug-likeness (QED) is 0.377. The van der Waals surface area contributed by atoms with E-state index in [1.165, 1.54) is 11.1 Å². The largest absolute Gasteiger partial charge is 0.481 e. The van der Waals surface area contributed by atoms with Crippen molar-refractivity contribution in [3.8, 4) is 17.1 Å². The minimum absolute atomic E-state index is 0.580. The molecule has 1 aromatic carbocycles. The summed E-state index contributed by atoms with van der Waals surface area (Å²) in [5.74, 6) is 0.580. The van der Waals surface area contributed by atoms with Gasteiger partial charge in [0.25, 0.3) is 0 Å². The Morgan fingerprint density at radius 1 is 1.14 bits per heavy atom. The molecule has 3 heterocycles. The Bertz CT molecular complexity index is 1070. The fourth-order valence-electron chi connectivity index (χ4n) is 3.10. The molecule has 4 nitrogen and oxygen atoms in total. The van der Waals surface area contributed by atoms with Crippen LogP contribution in [0.2, 0.25) is 0 Å². The monoisotopic (exact) mass is 453 g/mol. The molecular formula is C22H20BrN3OS. The van der Waals surface area contributed by atoms with Crippen LogP contribution in [0.15, 0.2) is 63.9 Å². The molecule has 0 saturated carbocycles. The van der Waals surface area contributed by atoms with Crippen molar-refractivity contribution < 1.29 is 4.74 Å². The molecule has 0 aliphatic heterocycles. The smallest absolute Gasteiger partial charge is 0.215 e. The standard InChI is InChI=1S/C22H20BrN3OS/c1-27-21-11-20-17(13-25-21)10-18(22(26-20)16-7-9-28-14-16)12-24-8-6-15-2-4-19(23)5-3-15/h2-5,7,9-11,13-14,24H,6,8,12H2,1H3. The van der Waals surface area contributed by atoms with Crippen molar-refractivity contribution in [2.45, 2.75) is 13.0 Å². The number of aromatic nitrogens is 2. The van der Waals surface area contributed by atoms with E-state index in [-0.39, 0.29) is 0 Å². The van der Waals surface area contributed by atoms with Crippen LogP contribution in [0, 0.1) is 0 Å². The first-order valence-electron chi connectivity index (χ1n) is 9.04. The Hall–Kier alpha value is -2.28. The van der Waals surface area contributed by atoms with E-state index < -0.39 is 0 Å². The lowest BCUT2D eigenvalue weighted by Crippen LogP contribution is -2.17. The molecule has 0 bridgehead atoms. The molecule has 0 unspecified atom stereocenters. The summed E-state index contributed by atoms with van der Waals surface area (Å²) < 4.78 is 6.36. The number of benzene rings is 1.